The van der Waals surface area contributed by atoms with E-state index in [0.29, 0.717) is 22.7 Å². The zero-order chi connectivity index (χ0) is 25.1. The van der Waals surface area contributed by atoms with Gasteiger partial charge in [0, 0.05) is 38.4 Å². The molecule has 0 aliphatic carbocycles. The Balaban J connectivity index is 1.66. The Labute approximate surface area is 203 Å². The monoisotopic (exact) mass is 476 g/mol. The lowest BCUT2D eigenvalue weighted by Gasteiger charge is -2.26. The molecule has 0 spiro atoms. The minimum absolute atomic E-state index is 0.112. The largest absolute Gasteiger partial charge is 0.495 e. The summed E-state index contributed by atoms with van der Waals surface area (Å²) >= 11 is 0. The SMILES string of the molecule is COc1cc2c(cc1Nc1nnc(C(N)=O)c(Nc3cccc(C(=O)N(C)C)c3)n1)CN(C)CC2. The number of methoxy groups -OCH3 is 1. The van der Waals surface area contributed by atoms with Crippen molar-refractivity contribution >= 4 is 35.0 Å². The molecule has 0 bridgehead atoms. The first-order chi connectivity index (χ1) is 16.7. The van der Waals surface area contributed by atoms with Crippen LogP contribution < -0.4 is 21.1 Å². The topological polar surface area (TPSA) is 139 Å². The summed E-state index contributed by atoms with van der Waals surface area (Å²) in [5.74, 6) is -0.0205. The lowest BCUT2D eigenvalue weighted by Crippen LogP contribution is -2.26. The summed E-state index contributed by atoms with van der Waals surface area (Å²) in [6.07, 6.45) is 0.942. The van der Waals surface area contributed by atoms with E-state index in [2.05, 4.69) is 37.8 Å². The Bertz CT molecular complexity index is 1280. The fourth-order valence-corrected chi connectivity index (χ4v) is 3.87. The number of anilines is 4. The van der Waals surface area contributed by atoms with Crippen LogP contribution in [0, 0.1) is 0 Å². The van der Waals surface area contributed by atoms with Gasteiger partial charge in [0.05, 0.1) is 12.8 Å². The molecule has 0 atom stereocenters. The van der Waals surface area contributed by atoms with Crippen molar-refractivity contribution in [2.45, 2.75) is 13.0 Å². The van der Waals surface area contributed by atoms with Crippen LogP contribution in [0.1, 0.15) is 32.0 Å². The van der Waals surface area contributed by atoms with Crippen LogP contribution in [-0.4, -0.2) is 71.6 Å². The van der Waals surface area contributed by atoms with Crippen LogP contribution in [0.25, 0.3) is 0 Å². The van der Waals surface area contributed by atoms with Gasteiger partial charge in [-0.2, -0.15) is 4.98 Å². The van der Waals surface area contributed by atoms with Crippen LogP contribution in [-0.2, 0) is 13.0 Å². The number of aromatic nitrogens is 3. The second-order valence-corrected chi connectivity index (χ2v) is 8.54. The second kappa shape index (κ2) is 9.94. The molecule has 0 saturated heterocycles. The number of nitrogens with two attached hydrogens (primary N) is 1. The van der Waals surface area contributed by atoms with Crippen molar-refractivity contribution < 1.29 is 14.3 Å². The van der Waals surface area contributed by atoms with Crippen molar-refractivity contribution in [3.05, 3.63) is 58.8 Å². The zero-order valence-electron chi connectivity index (χ0n) is 20.1. The molecule has 1 aliphatic heterocycles. The molecule has 2 heterocycles. The zero-order valence-corrected chi connectivity index (χ0v) is 20.1. The summed E-state index contributed by atoms with van der Waals surface area (Å²) in [4.78, 5) is 32.5. The lowest BCUT2D eigenvalue weighted by atomic mass is 9.99. The number of rotatable bonds is 7. The summed E-state index contributed by atoms with van der Waals surface area (Å²) in [7, 11) is 7.03. The van der Waals surface area contributed by atoms with Crippen molar-refractivity contribution in [2.24, 2.45) is 5.73 Å². The van der Waals surface area contributed by atoms with E-state index in [4.69, 9.17) is 10.5 Å². The van der Waals surface area contributed by atoms with E-state index in [-0.39, 0.29) is 23.4 Å². The second-order valence-electron chi connectivity index (χ2n) is 8.54. The molecular formula is C24H28N8O3. The summed E-state index contributed by atoms with van der Waals surface area (Å²) in [5, 5.41) is 14.2. The molecule has 3 aromatic rings. The molecule has 2 aromatic carbocycles. The predicted octanol–water partition coefficient (Wildman–Crippen LogP) is 2.16. The third-order valence-electron chi connectivity index (χ3n) is 5.67. The van der Waals surface area contributed by atoms with Crippen LogP contribution in [0.5, 0.6) is 5.75 Å². The molecule has 182 valence electrons. The Morgan fingerprint density at radius 2 is 1.91 bits per heavy atom. The Hall–Kier alpha value is -4.25. The quantitative estimate of drug-likeness (QED) is 0.468. The number of nitrogens with zero attached hydrogens (tertiary/aromatic N) is 5. The number of carbonyl (C=O) groups is 2. The highest BCUT2D eigenvalue weighted by Crippen LogP contribution is 2.33. The number of primary amides is 1. The van der Waals surface area contributed by atoms with E-state index < -0.39 is 5.91 Å². The predicted molar refractivity (Wildman–Crippen MR) is 132 cm³/mol. The molecular weight excluding hydrogens is 448 g/mol. The summed E-state index contributed by atoms with van der Waals surface area (Å²) in [6, 6.07) is 10.9. The van der Waals surface area contributed by atoms with E-state index in [1.54, 1.807) is 45.5 Å². The molecule has 4 N–H and O–H groups in total. The number of hydrogen-bond acceptors (Lipinski definition) is 9. The molecule has 0 saturated carbocycles. The third kappa shape index (κ3) is 5.30. The van der Waals surface area contributed by atoms with Gasteiger partial charge in [0.2, 0.25) is 5.95 Å². The maximum Gasteiger partial charge on any atom is 0.273 e. The first-order valence-electron chi connectivity index (χ1n) is 11.0. The van der Waals surface area contributed by atoms with Crippen LogP contribution in [0.15, 0.2) is 36.4 Å². The van der Waals surface area contributed by atoms with Gasteiger partial charge in [-0.1, -0.05) is 6.07 Å². The number of fused-ring (bicyclic) bond motifs is 1. The van der Waals surface area contributed by atoms with E-state index in [0.717, 1.165) is 19.5 Å². The maximum atomic E-state index is 12.3. The molecule has 0 fully saturated rings. The Morgan fingerprint density at radius 3 is 2.63 bits per heavy atom. The average molecular weight is 477 g/mol. The summed E-state index contributed by atoms with van der Waals surface area (Å²) in [5.41, 5.74) is 9.49. The van der Waals surface area contributed by atoms with Crippen LogP contribution in [0.4, 0.5) is 23.1 Å². The van der Waals surface area contributed by atoms with Crippen LogP contribution in [0.2, 0.25) is 0 Å². The van der Waals surface area contributed by atoms with E-state index in [1.165, 1.54) is 16.0 Å². The van der Waals surface area contributed by atoms with E-state index in [9.17, 15) is 9.59 Å². The maximum absolute atomic E-state index is 12.3. The van der Waals surface area contributed by atoms with Gasteiger partial charge in [0.15, 0.2) is 11.5 Å². The minimum Gasteiger partial charge on any atom is -0.495 e. The van der Waals surface area contributed by atoms with Gasteiger partial charge in [-0.15, -0.1) is 10.2 Å². The number of amides is 2. The van der Waals surface area contributed by atoms with Gasteiger partial charge < -0.3 is 30.9 Å². The first kappa shape index (κ1) is 23.9. The molecule has 0 radical (unpaired) electrons. The normalized spacial score (nSPS) is 13.0. The van der Waals surface area contributed by atoms with E-state index >= 15 is 0 Å². The molecule has 1 aliphatic rings. The van der Waals surface area contributed by atoms with Crippen molar-refractivity contribution in [1.29, 1.82) is 0 Å². The highest BCUT2D eigenvalue weighted by atomic mass is 16.5. The van der Waals surface area contributed by atoms with Gasteiger partial charge >= 0.3 is 0 Å². The smallest absolute Gasteiger partial charge is 0.273 e. The molecule has 11 heteroatoms. The van der Waals surface area contributed by atoms with Gasteiger partial charge in [0.1, 0.15) is 5.75 Å². The Morgan fingerprint density at radius 1 is 1.11 bits per heavy atom. The molecule has 1 aromatic heterocycles. The Kier molecular flexibility index (Phi) is 6.78. The molecule has 2 amide bonds. The highest BCUT2D eigenvalue weighted by Gasteiger charge is 2.19. The van der Waals surface area contributed by atoms with Crippen molar-refractivity contribution in [2.75, 3.05) is 45.4 Å². The van der Waals surface area contributed by atoms with E-state index in [1.807, 2.05) is 12.1 Å². The van der Waals surface area contributed by atoms with Gasteiger partial charge in [0.25, 0.3) is 11.8 Å². The van der Waals surface area contributed by atoms with Gasteiger partial charge in [-0.25, -0.2) is 0 Å². The van der Waals surface area contributed by atoms with Gasteiger partial charge in [-0.05, 0) is 54.9 Å². The van der Waals surface area contributed by atoms with Crippen LogP contribution >= 0.6 is 0 Å². The fourth-order valence-electron chi connectivity index (χ4n) is 3.87. The van der Waals surface area contributed by atoms with Crippen molar-refractivity contribution in [3.63, 3.8) is 0 Å². The summed E-state index contributed by atoms with van der Waals surface area (Å²) in [6.45, 7) is 1.81. The number of carbonyl (C=O) groups excluding carboxylic acids is 2. The number of benzene rings is 2. The lowest BCUT2D eigenvalue weighted by molar-refractivity contribution is 0.0827. The molecule has 35 heavy (non-hydrogen) atoms. The fraction of sp³-hybridized carbons (Fsp3) is 0.292. The number of ether oxygens (including phenoxy) is 1. The summed E-state index contributed by atoms with van der Waals surface area (Å²) < 4.78 is 5.58. The molecule has 0 unspecified atom stereocenters. The molecule has 11 nitrogen and oxygen atoms in total. The number of hydrogen-bond donors (Lipinski definition) is 3. The van der Waals surface area contributed by atoms with Crippen LogP contribution in [0.3, 0.4) is 0 Å². The highest BCUT2D eigenvalue weighted by molar-refractivity contribution is 5.97. The first-order valence-corrected chi connectivity index (χ1v) is 11.0. The number of nitrogens with one attached hydrogen (secondary N) is 2. The average Bonchev–Trinajstić information content (AvgIpc) is 2.83. The third-order valence-corrected chi connectivity index (χ3v) is 5.67. The molecule has 4 rings (SSSR count). The minimum atomic E-state index is -0.783. The van der Waals surface area contributed by atoms with Crippen molar-refractivity contribution in [3.8, 4) is 5.75 Å². The van der Waals surface area contributed by atoms with Gasteiger partial charge in [-0.3, -0.25) is 9.59 Å². The standard InChI is InChI=1S/C24H28N8O3/c1-31(2)23(34)15-6-5-7-17(10-15)26-22-20(21(25)33)29-30-24(28-22)27-18-11-16-13-32(3)9-8-14(16)12-19(18)35-4/h5-7,10-12H,8-9,13H2,1-4H3,(H2,25,33)(H2,26,27,28,30). The van der Waals surface area contributed by atoms with Crippen molar-refractivity contribution in [1.82, 2.24) is 25.0 Å². The number of likely N-dealkylation sites (N-methyl/N-ethyl adjacent to an activating group) is 1.